The molecule has 0 radical (unpaired) electrons. The van der Waals surface area contributed by atoms with Crippen LogP contribution in [0.2, 0.25) is 0 Å². The van der Waals surface area contributed by atoms with Gasteiger partial charge in [0.15, 0.2) is 11.5 Å². The smallest absolute Gasteiger partial charge is 0.262 e. The summed E-state index contributed by atoms with van der Waals surface area (Å²) in [4.78, 5) is 12.3. The summed E-state index contributed by atoms with van der Waals surface area (Å²) in [5.41, 5.74) is 1.42. The topological polar surface area (TPSA) is 101 Å². The number of nitrogens with one attached hydrogen (secondary N) is 1. The number of methoxy groups -OCH3 is 3. The van der Waals surface area contributed by atoms with Crippen molar-refractivity contribution in [1.29, 1.82) is 5.26 Å². The van der Waals surface area contributed by atoms with Gasteiger partial charge in [-0.3, -0.25) is 4.79 Å². The number of benzene rings is 2. The Labute approximate surface area is 169 Å². The molecule has 0 bridgehead atoms. The van der Waals surface area contributed by atoms with E-state index in [1.54, 1.807) is 37.5 Å². The number of carbonyl (C=O) groups excluding carboxylic acids is 1. The molecule has 2 aromatic carbocycles. The zero-order valence-corrected chi connectivity index (χ0v) is 16.4. The maximum atomic E-state index is 12.3. The van der Waals surface area contributed by atoms with E-state index in [0.29, 0.717) is 11.3 Å². The SMILES string of the molecule is COc1ccccc1CNC(=O)/C(C#N)=C/C=C/c1cc(OC)c(O)c(OC)c1. The molecule has 0 aliphatic heterocycles. The number of aromatic hydroxyl groups is 1. The van der Waals surface area contributed by atoms with Crippen molar-refractivity contribution in [3.63, 3.8) is 0 Å². The lowest BCUT2D eigenvalue weighted by Crippen LogP contribution is -2.24. The van der Waals surface area contributed by atoms with E-state index in [-0.39, 0.29) is 29.4 Å². The van der Waals surface area contributed by atoms with Crippen LogP contribution in [0.4, 0.5) is 0 Å². The van der Waals surface area contributed by atoms with Crippen LogP contribution in [0, 0.1) is 11.3 Å². The minimum atomic E-state index is -0.496. The van der Waals surface area contributed by atoms with Crippen molar-refractivity contribution in [2.45, 2.75) is 6.54 Å². The number of phenolic OH excluding ortho intramolecular Hbond substituents is 1. The molecule has 150 valence electrons. The van der Waals surface area contributed by atoms with Gasteiger partial charge in [-0.05, 0) is 29.8 Å². The van der Waals surface area contributed by atoms with Crippen LogP contribution in [-0.4, -0.2) is 32.3 Å². The van der Waals surface area contributed by atoms with Crippen LogP contribution in [-0.2, 0) is 11.3 Å². The molecule has 0 saturated heterocycles. The summed E-state index contributed by atoms with van der Waals surface area (Å²) in [7, 11) is 4.42. The standard InChI is InChI=1S/C22H22N2O5/c1-27-18-10-5-4-8-17(18)14-24-22(26)16(13-23)9-6-7-15-11-19(28-2)21(25)20(12-15)29-3/h4-12,25H,14H2,1-3H3,(H,24,26)/b7-6+,16-9+. The van der Waals surface area contributed by atoms with Crippen LogP contribution in [0.3, 0.4) is 0 Å². The zero-order chi connectivity index (χ0) is 21.2. The molecule has 2 N–H and O–H groups in total. The second kappa shape index (κ2) is 10.4. The second-order valence-corrected chi connectivity index (χ2v) is 5.82. The Morgan fingerprint density at radius 1 is 1.10 bits per heavy atom. The van der Waals surface area contributed by atoms with Crippen LogP contribution < -0.4 is 19.5 Å². The van der Waals surface area contributed by atoms with E-state index in [1.807, 2.05) is 24.3 Å². The van der Waals surface area contributed by atoms with E-state index >= 15 is 0 Å². The Morgan fingerprint density at radius 3 is 2.31 bits per heavy atom. The number of para-hydroxylation sites is 1. The van der Waals surface area contributed by atoms with Gasteiger partial charge < -0.3 is 24.6 Å². The lowest BCUT2D eigenvalue weighted by atomic mass is 10.1. The van der Waals surface area contributed by atoms with Gasteiger partial charge in [-0.15, -0.1) is 0 Å². The minimum absolute atomic E-state index is 0.0474. The third-order valence-corrected chi connectivity index (χ3v) is 4.05. The largest absolute Gasteiger partial charge is 0.502 e. The molecule has 0 aliphatic carbocycles. The molecule has 0 spiro atoms. The fourth-order valence-corrected chi connectivity index (χ4v) is 2.55. The number of nitrogens with zero attached hydrogens (tertiary/aromatic N) is 1. The number of hydrogen-bond acceptors (Lipinski definition) is 6. The Balaban J connectivity index is 2.11. The van der Waals surface area contributed by atoms with Gasteiger partial charge in [0.05, 0.1) is 21.3 Å². The number of phenols is 1. The summed E-state index contributed by atoms with van der Waals surface area (Å²) in [6.07, 6.45) is 4.63. The van der Waals surface area contributed by atoms with E-state index in [1.165, 1.54) is 20.3 Å². The average Bonchev–Trinajstić information content (AvgIpc) is 2.75. The van der Waals surface area contributed by atoms with E-state index < -0.39 is 5.91 Å². The molecule has 0 saturated carbocycles. The van der Waals surface area contributed by atoms with Gasteiger partial charge in [-0.25, -0.2) is 0 Å². The molecule has 0 atom stereocenters. The highest BCUT2D eigenvalue weighted by atomic mass is 16.5. The molecule has 0 aliphatic rings. The number of carbonyl (C=O) groups is 1. The van der Waals surface area contributed by atoms with Crippen LogP contribution in [0.1, 0.15) is 11.1 Å². The van der Waals surface area contributed by atoms with Gasteiger partial charge in [0.25, 0.3) is 5.91 Å². The molecule has 2 rings (SSSR count). The fourth-order valence-electron chi connectivity index (χ4n) is 2.55. The fraction of sp³-hybridized carbons (Fsp3) is 0.182. The number of hydrogen-bond donors (Lipinski definition) is 2. The number of nitriles is 1. The Hall–Kier alpha value is -3.92. The van der Waals surface area contributed by atoms with Gasteiger partial charge in [-0.1, -0.05) is 30.4 Å². The summed E-state index contributed by atoms with van der Waals surface area (Å²) >= 11 is 0. The molecule has 0 aromatic heterocycles. The molecule has 7 nitrogen and oxygen atoms in total. The van der Waals surface area contributed by atoms with Gasteiger partial charge in [0, 0.05) is 12.1 Å². The van der Waals surface area contributed by atoms with Crippen molar-refractivity contribution in [3.8, 4) is 29.1 Å². The van der Waals surface area contributed by atoms with Gasteiger partial charge >= 0.3 is 0 Å². The third-order valence-electron chi connectivity index (χ3n) is 4.05. The summed E-state index contributed by atoms with van der Waals surface area (Å²) < 4.78 is 15.4. The number of amides is 1. The highest BCUT2D eigenvalue weighted by molar-refractivity contribution is 5.97. The van der Waals surface area contributed by atoms with Crippen LogP contribution in [0.25, 0.3) is 6.08 Å². The van der Waals surface area contributed by atoms with Gasteiger partial charge in [0.2, 0.25) is 5.75 Å². The maximum absolute atomic E-state index is 12.3. The van der Waals surface area contributed by atoms with Crippen LogP contribution in [0.15, 0.2) is 54.1 Å². The first kappa shape index (κ1) is 21.4. The predicted molar refractivity (Wildman–Crippen MR) is 109 cm³/mol. The van der Waals surface area contributed by atoms with Crippen molar-refractivity contribution >= 4 is 12.0 Å². The van der Waals surface area contributed by atoms with Crippen molar-refractivity contribution in [1.82, 2.24) is 5.32 Å². The second-order valence-electron chi connectivity index (χ2n) is 5.82. The lowest BCUT2D eigenvalue weighted by molar-refractivity contribution is -0.117. The molecule has 7 heteroatoms. The number of rotatable bonds is 8. The Bertz CT molecular complexity index is 948. The molecule has 1 amide bonds. The van der Waals surface area contributed by atoms with Crippen molar-refractivity contribution in [2.75, 3.05) is 21.3 Å². The van der Waals surface area contributed by atoms with E-state index in [4.69, 9.17) is 14.2 Å². The van der Waals surface area contributed by atoms with Gasteiger partial charge in [-0.2, -0.15) is 5.26 Å². The lowest BCUT2D eigenvalue weighted by Gasteiger charge is -2.09. The first-order valence-electron chi connectivity index (χ1n) is 8.67. The molecule has 2 aromatic rings. The zero-order valence-electron chi connectivity index (χ0n) is 16.4. The van der Waals surface area contributed by atoms with Gasteiger partial charge in [0.1, 0.15) is 17.4 Å². The molecule has 29 heavy (non-hydrogen) atoms. The quantitative estimate of drug-likeness (QED) is 0.405. The third kappa shape index (κ3) is 5.53. The van der Waals surface area contributed by atoms with Crippen molar-refractivity contribution in [3.05, 3.63) is 65.3 Å². The molecule has 0 fully saturated rings. The summed E-state index contributed by atoms with van der Waals surface area (Å²) in [6.45, 7) is 0.234. The molecular weight excluding hydrogens is 372 g/mol. The minimum Gasteiger partial charge on any atom is -0.502 e. The molecular formula is C22H22N2O5. The summed E-state index contributed by atoms with van der Waals surface area (Å²) in [6, 6.07) is 12.4. The van der Waals surface area contributed by atoms with E-state index in [0.717, 1.165) is 5.56 Å². The highest BCUT2D eigenvalue weighted by Crippen LogP contribution is 2.37. The monoisotopic (exact) mass is 394 g/mol. The van der Waals surface area contributed by atoms with E-state index in [2.05, 4.69) is 5.32 Å². The predicted octanol–water partition coefficient (Wildman–Crippen LogP) is 3.20. The van der Waals surface area contributed by atoms with Crippen LogP contribution >= 0.6 is 0 Å². The van der Waals surface area contributed by atoms with Crippen LogP contribution in [0.5, 0.6) is 23.0 Å². The number of ether oxygens (including phenoxy) is 3. The van der Waals surface area contributed by atoms with Crippen molar-refractivity contribution in [2.24, 2.45) is 0 Å². The van der Waals surface area contributed by atoms with Crippen molar-refractivity contribution < 1.29 is 24.1 Å². The first-order chi connectivity index (χ1) is 14.0. The normalized spacial score (nSPS) is 11.0. The van der Waals surface area contributed by atoms with E-state index in [9.17, 15) is 15.2 Å². The number of allylic oxidation sites excluding steroid dienone is 2. The Kier molecular flexibility index (Phi) is 7.68. The molecule has 0 unspecified atom stereocenters. The summed E-state index contributed by atoms with van der Waals surface area (Å²) in [5, 5.41) is 21.9. The summed E-state index contributed by atoms with van der Waals surface area (Å²) in [5.74, 6) is 0.566. The highest BCUT2D eigenvalue weighted by Gasteiger charge is 2.11. The molecule has 0 heterocycles. The average molecular weight is 394 g/mol. The Morgan fingerprint density at radius 2 is 1.72 bits per heavy atom. The first-order valence-corrected chi connectivity index (χ1v) is 8.67. The maximum Gasteiger partial charge on any atom is 0.262 e.